The molecule has 0 saturated heterocycles. The van der Waals surface area contributed by atoms with Crippen LogP contribution in [0.3, 0.4) is 0 Å². The third kappa shape index (κ3) is 3.50. The molecule has 0 atom stereocenters. The molecular weight excluding hydrogens is 272 g/mol. The maximum Gasteiger partial charge on any atom is 0.257 e. The third-order valence-electron chi connectivity index (χ3n) is 2.80. The van der Waals surface area contributed by atoms with Gasteiger partial charge in [-0.3, -0.25) is 14.3 Å². The van der Waals surface area contributed by atoms with E-state index in [-0.39, 0.29) is 18.4 Å². The molecule has 1 aromatic heterocycles. The molecule has 0 radical (unpaired) electrons. The van der Waals surface area contributed by atoms with Crippen LogP contribution in [0.2, 0.25) is 0 Å². The number of rotatable bonds is 4. The minimum absolute atomic E-state index is 0.0797. The second-order valence-electron chi connectivity index (χ2n) is 4.40. The Morgan fingerprint density at radius 2 is 2.10 bits per heavy atom. The maximum atomic E-state index is 12.1. The number of anilines is 3. The van der Waals surface area contributed by atoms with E-state index in [4.69, 9.17) is 11.5 Å². The molecule has 0 aliphatic rings. The topological polar surface area (TPSA) is 128 Å². The molecule has 21 heavy (non-hydrogen) atoms. The van der Waals surface area contributed by atoms with Gasteiger partial charge in [0.15, 0.2) is 0 Å². The van der Waals surface area contributed by atoms with Gasteiger partial charge in [0, 0.05) is 24.6 Å². The van der Waals surface area contributed by atoms with E-state index < -0.39 is 0 Å². The number of nitrogen functional groups attached to an aromatic ring is 2. The van der Waals surface area contributed by atoms with Crippen LogP contribution in [0.4, 0.5) is 17.1 Å². The Morgan fingerprint density at radius 1 is 1.33 bits per heavy atom. The van der Waals surface area contributed by atoms with Gasteiger partial charge in [-0.1, -0.05) is 0 Å². The predicted molar refractivity (Wildman–Crippen MR) is 79.5 cm³/mol. The molecule has 6 N–H and O–H groups in total. The molecule has 1 aromatic carbocycles. The predicted octanol–water partition coefficient (Wildman–Crippen LogP) is 0.0458. The van der Waals surface area contributed by atoms with E-state index in [1.165, 1.54) is 16.9 Å². The van der Waals surface area contributed by atoms with Gasteiger partial charge in [-0.05, 0) is 18.2 Å². The molecule has 0 fully saturated rings. The van der Waals surface area contributed by atoms with Gasteiger partial charge in [0.1, 0.15) is 6.54 Å². The first-order chi connectivity index (χ1) is 9.99. The highest BCUT2D eigenvalue weighted by Gasteiger charge is 2.11. The standard InChI is InChI=1S/C13H16N6O2/c1-16-12(20)7-19-6-9(5-17-19)18-13(21)10-3-2-8(14)4-11(10)15/h2-6H,7,14-15H2,1H3,(H,16,20)(H,18,21). The van der Waals surface area contributed by atoms with Crippen molar-refractivity contribution in [2.24, 2.45) is 0 Å². The number of likely N-dealkylation sites (N-methyl/N-ethyl adjacent to an activating group) is 1. The van der Waals surface area contributed by atoms with Crippen LogP contribution in [0.1, 0.15) is 10.4 Å². The lowest BCUT2D eigenvalue weighted by atomic mass is 10.1. The summed E-state index contributed by atoms with van der Waals surface area (Å²) in [5.41, 5.74) is 12.9. The second-order valence-corrected chi connectivity index (χ2v) is 4.40. The second kappa shape index (κ2) is 5.95. The molecule has 0 unspecified atom stereocenters. The number of amides is 2. The summed E-state index contributed by atoms with van der Waals surface area (Å²) < 4.78 is 1.42. The number of nitrogens with two attached hydrogens (primary N) is 2. The molecule has 2 amide bonds. The van der Waals surface area contributed by atoms with Gasteiger partial charge in [0.25, 0.3) is 5.91 Å². The van der Waals surface area contributed by atoms with Crippen molar-refractivity contribution < 1.29 is 9.59 Å². The first-order valence-corrected chi connectivity index (χ1v) is 6.19. The molecule has 110 valence electrons. The van der Waals surface area contributed by atoms with Crippen molar-refractivity contribution in [3.05, 3.63) is 36.2 Å². The molecule has 0 aliphatic heterocycles. The van der Waals surface area contributed by atoms with E-state index in [9.17, 15) is 9.59 Å². The largest absolute Gasteiger partial charge is 0.399 e. The van der Waals surface area contributed by atoms with E-state index in [1.807, 2.05) is 0 Å². The van der Waals surface area contributed by atoms with Crippen LogP contribution < -0.4 is 22.1 Å². The number of benzene rings is 1. The highest BCUT2D eigenvalue weighted by atomic mass is 16.2. The Morgan fingerprint density at radius 3 is 2.76 bits per heavy atom. The van der Waals surface area contributed by atoms with Crippen LogP contribution >= 0.6 is 0 Å². The fourth-order valence-corrected chi connectivity index (χ4v) is 1.73. The third-order valence-corrected chi connectivity index (χ3v) is 2.80. The molecular formula is C13H16N6O2. The SMILES string of the molecule is CNC(=O)Cn1cc(NC(=O)c2ccc(N)cc2N)cn1. The Hall–Kier alpha value is -3.03. The number of hydrogen-bond acceptors (Lipinski definition) is 5. The normalized spacial score (nSPS) is 10.1. The van der Waals surface area contributed by atoms with Crippen molar-refractivity contribution >= 4 is 28.9 Å². The molecule has 0 spiro atoms. The molecule has 0 bridgehead atoms. The summed E-state index contributed by atoms with van der Waals surface area (Å²) in [4.78, 5) is 23.3. The van der Waals surface area contributed by atoms with E-state index in [0.29, 0.717) is 22.6 Å². The lowest BCUT2D eigenvalue weighted by Gasteiger charge is -2.06. The summed E-state index contributed by atoms with van der Waals surface area (Å²) in [7, 11) is 1.54. The molecule has 8 heteroatoms. The van der Waals surface area contributed by atoms with Crippen molar-refractivity contribution in [1.82, 2.24) is 15.1 Å². The van der Waals surface area contributed by atoms with Gasteiger partial charge in [-0.15, -0.1) is 0 Å². The van der Waals surface area contributed by atoms with Gasteiger partial charge >= 0.3 is 0 Å². The van der Waals surface area contributed by atoms with Crippen molar-refractivity contribution in [3.63, 3.8) is 0 Å². The first-order valence-electron chi connectivity index (χ1n) is 6.19. The molecule has 8 nitrogen and oxygen atoms in total. The number of nitrogens with one attached hydrogen (secondary N) is 2. The van der Waals surface area contributed by atoms with Crippen LogP contribution in [0.25, 0.3) is 0 Å². The fraction of sp³-hybridized carbons (Fsp3) is 0.154. The lowest BCUT2D eigenvalue weighted by molar-refractivity contribution is -0.121. The van der Waals surface area contributed by atoms with E-state index >= 15 is 0 Å². The number of carbonyl (C=O) groups is 2. The van der Waals surface area contributed by atoms with Crippen LogP contribution in [0.15, 0.2) is 30.6 Å². The van der Waals surface area contributed by atoms with Crippen molar-refractivity contribution in [3.8, 4) is 0 Å². The Kier molecular flexibility index (Phi) is 4.07. The highest BCUT2D eigenvalue weighted by molar-refractivity contribution is 6.07. The van der Waals surface area contributed by atoms with Gasteiger partial charge < -0.3 is 22.1 Å². The number of carbonyl (C=O) groups excluding carboxylic acids is 2. The monoisotopic (exact) mass is 288 g/mol. The van der Waals surface area contributed by atoms with Gasteiger partial charge in [-0.25, -0.2) is 0 Å². The molecule has 0 saturated carbocycles. The summed E-state index contributed by atoms with van der Waals surface area (Å²) >= 11 is 0. The molecule has 2 aromatic rings. The summed E-state index contributed by atoms with van der Waals surface area (Å²) in [5.74, 6) is -0.550. The quantitative estimate of drug-likeness (QED) is 0.591. The van der Waals surface area contributed by atoms with Gasteiger partial charge in [0.2, 0.25) is 5.91 Å². The Labute approximate surface area is 121 Å². The molecule has 0 aliphatic carbocycles. The van der Waals surface area contributed by atoms with E-state index in [1.54, 1.807) is 25.4 Å². The van der Waals surface area contributed by atoms with E-state index in [0.717, 1.165) is 0 Å². The maximum absolute atomic E-state index is 12.1. The minimum Gasteiger partial charge on any atom is -0.399 e. The van der Waals surface area contributed by atoms with Crippen molar-refractivity contribution in [2.75, 3.05) is 23.8 Å². The highest BCUT2D eigenvalue weighted by Crippen LogP contribution is 2.17. The zero-order chi connectivity index (χ0) is 15.4. The average Bonchev–Trinajstić information content (AvgIpc) is 2.85. The van der Waals surface area contributed by atoms with Crippen LogP contribution in [-0.2, 0) is 11.3 Å². The van der Waals surface area contributed by atoms with Gasteiger partial charge in [0.05, 0.1) is 17.4 Å². The summed E-state index contributed by atoms with van der Waals surface area (Å²) in [6.07, 6.45) is 3.01. The first kappa shape index (κ1) is 14.4. The Balaban J connectivity index is 2.07. The summed E-state index contributed by atoms with van der Waals surface area (Å²) in [6.45, 7) is 0.0797. The number of aromatic nitrogens is 2. The summed E-state index contributed by atoms with van der Waals surface area (Å²) in [5, 5.41) is 9.12. The smallest absolute Gasteiger partial charge is 0.257 e. The molecule has 2 rings (SSSR count). The van der Waals surface area contributed by atoms with Crippen molar-refractivity contribution in [2.45, 2.75) is 6.54 Å². The lowest BCUT2D eigenvalue weighted by Crippen LogP contribution is -2.23. The number of nitrogens with zero attached hydrogens (tertiary/aromatic N) is 2. The van der Waals surface area contributed by atoms with Crippen LogP contribution in [-0.4, -0.2) is 28.6 Å². The van der Waals surface area contributed by atoms with Crippen LogP contribution in [0, 0.1) is 0 Å². The van der Waals surface area contributed by atoms with E-state index in [2.05, 4.69) is 15.7 Å². The van der Waals surface area contributed by atoms with Crippen LogP contribution in [0.5, 0.6) is 0 Å². The minimum atomic E-state index is -0.369. The zero-order valence-corrected chi connectivity index (χ0v) is 11.5. The molecule has 1 heterocycles. The number of hydrogen-bond donors (Lipinski definition) is 4. The van der Waals surface area contributed by atoms with Crippen molar-refractivity contribution in [1.29, 1.82) is 0 Å². The fourth-order valence-electron chi connectivity index (χ4n) is 1.73. The zero-order valence-electron chi connectivity index (χ0n) is 11.5. The average molecular weight is 288 g/mol. The van der Waals surface area contributed by atoms with Gasteiger partial charge in [-0.2, -0.15) is 5.10 Å². The summed E-state index contributed by atoms with van der Waals surface area (Å²) in [6, 6.07) is 4.67. The Bertz CT molecular complexity index is 679.